The fraction of sp³-hybridized carbons (Fsp3) is 0.357. The molecule has 128 valence electrons. The first-order chi connectivity index (χ1) is 11.5. The number of hydrogen-bond acceptors (Lipinski definition) is 6. The molecule has 24 heavy (non-hydrogen) atoms. The molecule has 2 heterocycles. The topological polar surface area (TPSA) is 70.8 Å². The Labute approximate surface area is 133 Å². The highest BCUT2D eigenvalue weighted by molar-refractivity contribution is 5.79. The van der Waals surface area contributed by atoms with Gasteiger partial charge in [0.1, 0.15) is 6.61 Å². The molecule has 0 aliphatic heterocycles. The Morgan fingerprint density at radius 2 is 1.92 bits per heavy atom. The normalized spacial score (nSPS) is 12.2. The Hall–Kier alpha value is -2.46. The van der Waals surface area contributed by atoms with Gasteiger partial charge in [-0.25, -0.2) is 4.98 Å². The molecule has 1 aromatic carbocycles. The number of benzene rings is 1. The highest BCUT2D eigenvalue weighted by Gasteiger charge is 2.38. The summed E-state index contributed by atoms with van der Waals surface area (Å²) < 4.78 is 45.4. The molecular formula is C14H13F3N4O3. The minimum Gasteiger partial charge on any atom is -0.379 e. The summed E-state index contributed by atoms with van der Waals surface area (Å²) in [7, 11) is 0. The fourth-order valence-electron chi connectivity index (χ4n) is 2.13. The molecule has 3 rings (SSSR count). The molecule has 10 heteroatoms. The van der Waals surface area contributed by atoms with Crippen molar-refractivity contribution in [2.45, 2.75) is 13.1 Å². The summed E-state index contributed by atoms with van der Waals surface area (Å²) in [5.74, 6) is -1.36. The van der Waals surface area contributed by atoms with Crippen molar-refractivity contribution >= 4 is 16.7 Å². The predicted molar refractivity (Wildman–Crippen MR) is 76.4 cm³/mol. The molecule has 3 aromatic rings. The van der Waals surface area contributed by atoms with Gasteiger partial charge >= 0.3 is 12.1 Å². The zero-order valence-electron chi connectivity index (χ0n) is 12.6. The van der Waals surface area contributed by atoms with Gasteiger partial charge in [0.15, 0.2) is 0 Å². The zero-order valence-corrected chi connectivity index (χ0v) is 12.6. The molecular weight excluding hydrogens is 329 g/mol. The summed E-state index contributed by atoms with van der Waals surface area (Å²) >= 11 is 0. The van der Waals surface area contributed by atoms with E-state index in [1.807, 2.05) is 6.92 Å². The van der Waals surface area contributed by atoms with Crippen LogP contribution >= 0.6 is 0 Å². The standard InChI is InChI=1S/C14H13F3N4O3/c1-2-22-7-8-23-24-12-11-19-20-13(14(15,16)17)21(11)10-6-4-3-5-9(10)18-12/h3-6H,2,7-8H2,1H3. The number of ether oxygens (including phenoxy) is 1. The van der Waals surface area contributed by atoms with Gasteiger partial charge in [0.05, 0.1) is 17.6 Å². The number of para-hydroxylation sites is 2. The van der Waals surface area contributed by atoms with Crippen molar-refractivity contribution in [2.24, 2.45) is 0 Å². The van der Waals surface area contributed by atoms with Gasteiger partial charge in [-0.3, -0.25) is 4.40 Å². The van der Waals surface area contributed by atoms with Crippen LogP contribution in [-0.4, -0.2) is 39.4 Å². The molecule has 0 radical (unpaired) electrons. The van der Waals surface area contributed by atoms with Crippen LogP contribution in [-0.2, 0) is 15.8 Å². The molecule has 0 unspecified atom stereocenters. The van der Waals surface area contributed by atoms with Gasteiger partial charge in [-0.15, -0.1) is 10.2 Å². The number of alkyl halides is 3. The van der Waals surface area contributed by atoms with Gasteiger partial charge < -0.3 is 9.62 Å². The molecule has 0 saturated carbocycles. The first kappa shape index (κ1) is 16.4. The van der Waals surface area contributed by atoms with E-state index in [1.165, 1.54) is 6.07 Å². The lowest BCUT2D eigenvalue weighted by Gasteiger charge is -2.09. The van der Waals surface area contributed by atoms with E-state index in [-0.39, 0.29) is 30.3 Å². The molecule has 2 aromatic heterocycles. The molecule has 0 fully saturated rings. The van der Waals surface area contributed by atoms with Crippen LogP contribution in [0.25, 0.3) is 16.7 Å². The molecule has 0 bridgehead atoms. The van der Waals surface area contributed by atoms with Crippen LogP contribution < -0.4 is 4.89 Å². The maximum absolute atomic E-state index is 13.2. The van der Waals surface area contributed by atoms with Gasteiger partial charge in [0, 0.05) is 6.61 Å². The molecule has 0 aliphatic carbocycles. The van der Waals surface area contributed by atoms with Crippen molar-refractivity contribution in [3.8, 4) is 5.88 Å². The first-order valence-electron chi connectivity index (χ1n) is 7.10. The second-order valence-corrected chi connectivity index (χ2v) is 4.69. The SMILES string of the molecule is CCOCCOOc1nc2ccccc2n2c(C(F)(F)F)nnc12. The molecule has 0 aliphatic rings. The Morgan fingerprint density at radius 3 is 2.67 bits per heavy atom. The van der Waals surface area contributed by atoms with Crippen molar-refractivity contribution < 1.29 is 27.7 Å². The maximum atomic E-state index is 13.2. The van der Waals surface area contributed by atoms with Gasteiger partial charge in [-0.05, 0) is 19.1 Å². The lowest BCUT2D eigenvalue weighted by atomic mass is 10.3. The predicted octanol–water partition coefficient (Wildman–Crippen LogP) is 2.64. The van der Waals surface area contributed by atoms with Gasteiger partial charge in [0.2, 0.25) is 11.5 Å². The van der Waals surface area contributed by atoms with Crippen LogP contribution in [0.5, 0.6) is 5.88 Å². The van der Waals surface area contributed by atoms with E-state index < -0.39 is 12.0 Å². The van der Waals surface area contributed by atoms with E-state index in [4.69, 9.17) is 14.5 Å². The maximum Gasteiger partial charge on any atom is 0.452 e. The van der Waals surface area contributed by atoms with Crippen molar-refractivity contribution in [1.82, 2.24) is 19.6 Å². The number of fused-ring (bicyclic) bond motifs is 3. The fourth-order valence-corrected chi connectivity index (χ4v) is 2.13. The summed E-state index contributed by atoms with van der Waals surface area (Å²) in [4.78, 5) is 14.1. The van der Waals surface area contributed by atoms with Crippen LogP contribution in [0.3, 0.4) is 0 Å². The first-order valence-corrected chi connectivity index (χ1v) is 7.10. The smallest absolute Gasteiger partial charge is 0.379 e. The molecule has 0 spiro atoms. The monoisotopic (exact) mass is 342 g/mol. The largest absolute Gasteiger partial charge is 0.452 e. The Morgan fingerprint density at radius 1 is 1.12 bits per heavy atom. The van der Waals surface area contributed by atoms with Crippen LogP contribution in [0.15, 0.2) is 24.3 Å². The van der Waals surface area contributed by atoms with Crippen LogP contribution in [0.4, 0.5) is 13.2 Å². The second-order valence-electron chi connectivity index (χ2n) is 4.69. The molecule has 0 N–H and O–H groups in total. The quantitative estimate of drug-likeness (QED) is 0.390. The third-order valence-electron chi connectivity index (χ3n) is 3.11. The molecule has 0 amide bonds. The summed E-state index contributed by atoms with van der Waals surface area (Å²) in [6.07, 6.45) is -4.67. The minimum absolute atomic E-state index is 0.0920. The molecule has 0 atom stereocenters. The number of halogens is 3. The van der Waals surface area contributed by atoms with Gasteiger partial charge in [0.25, 0.3) is 0 Å². The number of rotatable bonds is 6. The van der Waals surface area contributed by atoms with E-state index in [2.05, 4.69) is 15.2 Å². The number of aromatic nitrogens is 4. The third-order valence-corrected chi connectivity index (χ3v) is 3.11. The van der Waals surface area contributed by atoms with Crippen LogP contribution in [0.2, 0.25) is 0 Å². The second kappa shape index (κ2) is 6.57. The van der Waals surface area contributed by atoms with Crippen molar-refractivity contribution in [3.05, 3.63) is 30.1 Å². The highest BCUT2D eigenvalue weighted by Crippen LogP contribution is 2.32. The van der Waals surface area contributed by atoms with Crippen LogP contribution in [0.1, 0.15) is 12.7 Å². The average Bonchev–Trinajstić information content (AvgIpc) is 3.00. The summed E-state index contributed by atoms with van der Waals surface area (Å²) in [6.45, 7) is 2.71. The van der Waals surface area contributed by atoms with E-state index in [9.17, 15) is 13.2 Å². The summed E-state index contributed by atoms with van der Waals surface area (Å²) in [6, 6.07) is 6.30. The zero-order chi connectivity index (χ0) is 17.2. The minimum atomic E-state index is -4.67. The van der Waals surface area contributed by atoms with Crippen LogP contribution in [0, 0.1) is 0 Å². The van der Waals surface area contributed by atoms with Crippen molar-refractivity contribution in [3.63, 3.8) is 0 Å². The van der Waals surface area contributed by atoms with Gasteiger partial charge in [-0.2, -0.15) is 18.1 Å². The Balaban J connectivity index is 2.04. The number of nitrogens with zero attached hydrogens (tertiary/aromatic N) is 4. The van der Waals surface area contributed by atoms with E-state index in [1.54, 1.807) is 18.2 Å². The third kappa shape index (κ3) is 3.10. The Kier molecular flexibility index (Phi) is 4.49. The van der Waals surface area contributed by atoms with E-state index in [0.29, 0.717) is 12.1 Å². The summed E-state index contributed by atoms with van der Waals surface area (Å²) in [5.41, 5.74) is 0.322. The lowest BCUT2D eigenvalue weighted by molar-refractivity contribution is -0.216. The lowest BCUT2D eigenvalue weighted by Crippen LogP contribution is -2.12. The van der Waals surface area contributed by atoms with Crippen molar-refractivity contribution in [2.75, 3.05) is 19.8 Å². The van der Waals surface area contributed by atoms with Gasteiger partial charge in [-0.1, -0.05) is 12.1 Å². The summed E-state index contributed by atoms with van der Waals surface area (Å²) in [5, 5.41) is 6.77. The highest BCUT2D eigenvalue weighted by atomic mass is 19.4. The van der Waals surface area contributed by atoms with E-state index >= 15 is 0 Å². The number of hydrogen-bond donors (Lipinski definition) is 0. The Bertz CT molecular complexity index is 850. The van der Waals surface area contributed by atoms with Crippen molar-refractivity contribution in [1.29, 1.82) is 0 Å². The molecule has 7 nitrogen and oxygen atoms in total. The van der Waals surface area contributed by atoms with E-state index in [0.717, 1.165) is 4.40 Å². The average molecular weight is 342 g/mol. The molecule has 0 saturated heterocycles.